The zero-order valence-corrected chi connectivity index (χ0v) is 16.8. The molecule has 0 saturated heterocycles. The van der Waals surface area contributed by atoms with Crippen LogP contribution in [0.4, 0.5) is 5.82 Å². The van der Waals surface area contributed by atoms with E-state index in [0.29, 0.717) is 17.3 Å². The molecule has 3 heterocycles. The van der Waals surface area contributed by atoms with E-state index in [1.165, 1.54) is 0 Å². The molecule has 0 aliphatic heterocycles. The second-order valence-electron chi connectivity index (χ2n) is 7.24. The highest BCUT2D eigenvalue weighted by Gasteiger charge is 2.20. The summed E-state index contributed by atoms with van der Waals surface area (Å²) in [7, 11) is 1.67. The fraction of sp³-hybridized carbons (Fsp3) is 0.130. The Balaban J connectivity index is 1.38. The summed E-state index contributed by atoms with van der Waals surface area (Å²) in [6.45, 7) is 0. The molecule has 8 heteroatoms. The smallest absolute Gasteiger partial charge is 0.166 e. The molecule has 31 heavy (non-hydrogen) atoms. The van der Waals surface area contributed by atoms with Gasteiger partial charge in [0.2, 0.25) is 0 Å². The number of methoxy groups -OCH3 is 1. The Morgan fingerprint density at radius 1 is 1.23 bits per heavy atom. The van der Waals surface area contributed by atoms with Crippen LogP contribution < -0.4 is 5.32 Å². The molecule has 8 nitrogen and oxygen atoms in total. The van der Waals surface area contributed by atoms with E-state index < -0.39 is 0 Å². The molecule has 3 aromatic heterocycles. The lowest BCUT2D eigenvalue weighted by Crippen LogP contribution is -2.25. The average molecular weight is 412 g/mol. The third-order valence-corrected chi connectivity index (χ3v) is 5.29. The molecule has 0 bridgehead atoms. The normalized spacial score (nSPS) is 16.0. The van der Waals surface area contributed by atoms with Crippen molar-refractivity contribution in [3.05, 3.63) is 78.1 Å². The van der Waals surface area contributed by atoms with Gasteiger partial charge in [-0.3, -0.25) is 9.89 Å². The Bertz CT molecular complexity index is 1300. The van der Waals surface area contributed by atoms with Crippen molar-refractivity contribution in [2.45, 2.75) is 12.5 Å². The summed E-state index contributed by atoms with van der Waals surface area (Å²) in [5.74, 6) is 2.13. The summed E-state index contributed by atoms with van der Waals surface area (Å²) in [5.41, 5.74) is 4.37. The second-order valence-corrected chi connectivity index (χ2v) is 7.24. The number of hydrogen-bond donors (Lipinski definition) is 3. The van der Waals surface area contributed by atoms with E-state index in [1.54, 1.807) is 19.5 Å². The predicted octanol–water partition coefficient (Wildman–Crippen LogP) is 3.96. The summed E-state index contributed by atoms with van der Waals surface area (Å²) < 4.78 is 5.63. The summed E-state index contributed by atoms with van der Waals surface area (Å²) in [4.78, 5) is 23.2. The van der Waals surface area contributed by atoms with Crippen LogP contribution in [0.1, 0.15) is 22.5 Å². The van der Waals surface area contributed by atoms with Crippen molar-refractivity contribution in [3.8, 4) is 11.4 Å². The van der Waals surface area contributed by atoms with Crippen molar-refractivity contribution in [2.75, 3.05) is 12.4 Å². The number of aromatic nitrogens is 5. The molecule has 0 spiro atoms. The van der Waals surface area contributed by atoms with Gasteiger partial charge in [-0.05, 0) is 36.3 Å². The number of H-pyrrole nitrogens is 2. The summed E-state index contributed by atoms with van der Waals surface area (Å²) >= 11 is 0. The van der Waals surface area contributed by atoms with Crippen LogP contribution >= 0.6 is 0 Å². The van der Waals surface area contributed by atoms with E-state index >= 15 is 0 Å². The molecule has 3 N–H and O–H groups in total. The summed E-state index contributed by atoms with van der Waals surface area (Å²) in [6.07, 6.45) is 11.1. The van der Waals surface area contributed by atoms with Gasteiger partial charge in [-0.15, -0.1) is 0 Å². The minimum absolute atomic E-state index is 0.0376. The first-order valence-corrected chi connectivity index (χ1v) is 9.86. The lowest BCUT2D eigenvalue weighted by molar-refractivity contribution is 0.112. The molecule has 1 unspecified atom stereocenters. The van der Waals surface area contributed by atoms with Crippen molar-refractivity contribution >= 4 is 28.6 Å². The number of rotatable bonds is 6. The zero-order valence-electron chi connectivity index (χ0n) is 16.8. The zero-order chi connectivity index (χ0) is 21.2. The lowest BCUT2D eigenvalue weighted by Gasteiger charge is -2.24. The second kappa shape index (κ2) is 7.91. The molecular formula is C23H20N6O2. The lowest BCUT2D eigenvalue weighted by atomic mass is 9.97. The van der Waals surface area contributed by atoms with Gasteiger partial charge in [-0.1, -0.05) is 18.2 Å². The number of hydrogen-bond acceptors (Lipinski definition) is 6. The van der Waals surface area contributed by atoms with Crippen LogP contribution in [0.3, 0.4) is 0 Å². The molecule has 1 atom stereocenters. The van der Waals surface area contributed by atoms with Gasteiger partial charge in [0.15, 0.2) is 12.1 Å². The van der Waals surface area contributed by atoms with Gasteiger partial charge in [0.25, 0.3) is 0 Å². The van der Waals surface area contributed by atoms with E-state index in [9.17, 15) is 4.79 Å². The number of ether oxygens (including phenoxy) is 1. The van der Waals surface area contributed by atoms with E-state index in [-0.39, 0.29) is 6.04 Å². The number of carbonyl (C=O) groups is 1. The topological polar surface area (TPSA) is 109 Å². The Kier molecular flexibility index (Phi) is 4.80. The van der Waals surface area contributed by atoms with Gasteiger partial charge in [0.05, 0.1) is 25.0 Å². The quantitative estimate of drug-likeness (QED) is 0.414. The van der Waals surface area contributed by atoms with Crippen LogP contribution in [-0.2, 0) is 4.74 Å². The maximum atomic E-state index is 11.0. The molecule has 1 aliphatic carbocycles. The number of nitrogens with zero attached hydrogens (tertiary/aromatic N) is 3. The first-order chi connectivity index (χ1) is 15.2. The van der Waals surface area contributed by atoms with Crippen LogP contribution in [-0.4, -0.2) is 44.6 Å². The number of aromatic amines is 2. The van der Waals surface area contributed by atoms with Crippen LogP contribution in [0, 0.1) is 0 Å². The predicted molar refractivity (Wildman–Crippen MR) is 118 cm³/mol. The van der Waals surface area contributed by atoms with Crippen LogP contribution in [0.5, 0.6) is 0 Å². The number of fused-ring (bicyclic) bond motifs is 1. The maximum absolute atomic E-state index is 11.0. The molecule has 0 fully saturated rings. The van der Waals surface area contributed by atoms with Gasteiger partial charge < -0.3 is 15.0 Å². The minimum Gasteiger partial charge on any atom is -0.499 e. The molecule has 0 radical (unpaired) electrons. The standard InChI is InChI=1S/C23H20N6O2/c1-31-21-10-14(17-11-25-26-12-17)4-5-19(21)28-22-6-7-24-23(29-22)16-3-2-15-8-18(13-30)27-20(15)9-16/h2-4,6-13,19,27H,5H2,1H3,(H,25,26)(H,24,28,29). The first-order valence-electron chi connectivity index (χ1n) is 9.86. The Labute approximate surface area is 178 Å². The fourth-order valence-electron chi connectivity index (χ4n) is 3.72. The Morgan fingerprint density at radius 3 is 2.97 bits per heavy atom. The maximum Gasteiger partial charge on any atom is 0.166 e. The summed E-state index contributed by atoms with van der Waals surface area (Å²) in [6, 6.07) is 9.46. The van der Waals surface area contributed by atoms with Crippen molar-refractivity contribution in [1.29, 1.82) is 0 Å². The van der Waals surface area contributed by atoms with Crippen LogP contribution in [0.25, 0.3) is 27.9 Å². The first kappa shape index (κ1) is 18.8. The molecule has 1 aliphatic rings. The van der Waals surface area contributed by atoms with Crippen molar-refractivity contribution in [2.24, 2.45) is 0 Å². The van der Waals surface area contributed by atoms with Crippen LogP contribution in [0.15, 0.2) is 66.8 Å². The van der Waals surface area contributed by atoms with Gasteiger partial charge in [-0.25, -0.2) is 9.97 Å². The van der Waals surface area contributed by atoms with Crippen molar-refractivity contribution in [1.82, 2.24) is 25.1 Å². The monoisotopic (exact) mass is 412 g/mol. The molecule has 1 aromatic carbocycles. The third kappa shape index (κ3) is 3.71. The number of allylic oxidation sites excluding steroid dienone is 2. The Morgan fingerprint density at radius 2 is 2.16 bits per heavy atom. The number of benzene rings is 1. The molecular weight excluding hydrogens is 392 g/mol. The fourth-order valence-corrected chi connectivity index (χ4v) is 3.72. The molecule has 0 amide bonds. The van der Waals surface area contributed by atoms with E-state index in [0.717, 1.165) is 46.1 Å². The van der Waals surface area contributed by atoms with Crippen molar-refractivity contribution < 1.29 is 9.53 Å². The number of nitrogens with one attached hydrogen (secondary N) is 3. The highest BCUT2D eigenvalue weighted by molar-refractivity contribution is 5.90. The van der Waals surface area contributed by atoms with Gasteiger partial charge in [0, 0.05) is 34.4 Å². The number of anilines is 1. The molecule has 154 valence electrons. The Hall–Kier alpha value is -4.20. The number of carbonyl (C=O) groups excluding carboxylic acids is 1. The van der Waals surface area contributed by atoms with E-state index in [4.69, 9.17) is 4.74 Å². The number of aldehydes is 1. The third-order valence-electron chi connectivity index (χ3n) is 5.29. The largest absolute Gasteiger partial charge is 0.499 e. The average Bonchev–Trinajstić information content (AvgIpc) is 3.49. The van der Waals surface area contributed by atoms with Gasteiger partial charge in [-0.2, -0.15) is 5.10 Å². The van der Waals surface area contributed by atoms with E-state index in [1.807, 2.05) is 42.6 Å². The van der Waals surface area contributed by atoms with E-state index in [2.05, 4.69) is 36.5 Å². The molecule has 0 saturated carbocycles. The molecule has 5 rings (SSSR count). The SMILES string of the molecule is COC1=CC(c2cn[nH]c2)=CCC1Nc1ccnc(-c2ccc3cc(C=O)[nH]c3c2)n1. The minimum atomic E-state index is -0.0376. The van der Waals surface area contributed by atoms with Crippen molar-refractivity contribution in [3.63, 3.8) is 0 Å². The highest BCUT2D eigenvalue weighted by atomic mass is 16.5. The molecule has 4 aromatic rings. The summed E-state index contributed by atoms with van der Waals surface area (Å²) in [5, 5.41) is 11.3. The highest BCUT2D eigenvalue weighted by Crippen LogP contribution is 2.28. The van der Waals surface area contributed by atoms with Crippen LogP contribution in [0.2, 0.25) is 0 Å². The van der Waals surface area contributed by atoms with Gasteiger partial charge in [0.1, 0.15) is 11.6 Å². The van der Waals surface area contributed by atoms with Gasteiger partial charge >= 0.3 is 0 Å².